The molecule has 0 saturated heterocycles. The van der Waals surface area contributed by atoms with Crippen LogP contribution in [0.3, 0.4) is 0 Å². The van der Waals surface area contributed by atoms with E-state index in [0.29, 0.717) is 16.6 Å². The number of ketones is 1. The highest BCUT2D eigenvalue weighted by Gasteiger charge is 2.45. The summed E-state index contributed by atoms with van der Waals surface area (Å²) in [6, 6.07) is 19.1. The lowest BCUT2D eigenvalue weighted by Crippen LogP contribution is -2.62. The second-order valence-corrected chi connectivity index (χ2v) is 8.50. The van der Waals surface area contributed by atoms with Crippen molar-refractivity contribution in [1.29, 1.82) is 0 Å². The summed E-state index contributed by atoms with van der Waals surface area (Å²) in [5.74, 6) is -0.268. The van der Waals surface area contributed by atoms with Crippen LogP contribution in [0.5, 0.6) is 0 Å². The zero-order valence-corrected chi connectivity index (χ0v) is 16.8. The van der Waals surface area contributed by atoms with E-state index >= 15 is 0 Å². The Morgan fingerprint density at radius 1 is 0.966 bits per heavy atom. The number of aryl methyl sites for hydroxylation is 2. The van der Waals surface area contributed by atoms with Crippen molar-refractivity contribution in [2.75, 3.05) is 18.1 Å². The van der Waals surface area contributed by atoms with Crippen molar-refractivity contribution in [3.63, 3.8) is 0 Å². The number of anilines is 1. The van der Waals surface area contributed by atoms with Gasteiger partial charge in [-0.25, -0.2) is 4.39 Å². The molecule has 29 heavy (non-hydrogen) atoms. The van der Waals surface area contributed by atoms with E-state index in [1.54, 1.807) is 12.1 Å². The first kappa shape index (κ1) is 18.1. The van der Waals surface area contributed by atoms with Crippen LogP contribution in [0.15, 0.2) is 60.7 Å². The molecule has 2 aliphatic rings. The Balaban J connectivity index is 1.61. The number of hydrogen-bond donors (Lipinski definition) is 0. The molecule has 2 heterocycles. The Hall–Kier alpha value is -2.98. The molecule has 0 N–H and O–H groups in total. The van der Waals surface area contributed by atoms with E-state index in [0.717, 1.165) is 19.8 Å². The normalized spacial score (nSPS) is 19.5. The molecular weight excluding hydrogens is 363 g/mol. The largest absolute Gasteiger partial charge is 0.320 e. The van der Waals surface area contributed by atoms with Crippen LogP contribution in [0.4, 0.5) is 15.8 Å². The van der Waals surface area contributed by atoms with Crippen molar-refractivity contribution in [3.05, 3.63) is 94.3 Å². The van der Waals surface area contributed by atoms with E-state index in [1.165, 1.54) is 45.8 Å². The van der Waals surface area contributed by atoms with Gasteiger partial charge in [-0.2, -0.15) is 0 Å². The number of halogens is 1. The highest BCUT2D eigenvalue weighted by atomic mass is 19.1. The Morgan fingerprint density at radius 3 is 2.41 bits per heavy atom. The van der Waals surface area contributed by atoms with Crippen molar-refractivity contribution in [1.82, 2.24) is 4.48 Å². The van der Waals surface area contributed by atoms with Gasteiger partial charge in [0.25, 0.3) is 0 Å². The predicted octanol–water partition coefficient (Wildman–Crippen LogP) is 5.12. The van der Waals surface area contributed by atoms with Crippen LogP contribution in [0, 0.1) is 19.7 Å². The first-order valence-corrected chi connectivity index (χ1v) is 10.0. The fourth-order valence-corrected chi connectivity index (χ4v) is 4.93. The summed E-state index contributed by atoms with van der Waals surface area (Å²) in [6.45, 7) is 7.01. The first-order chi connectivity index (χ1) is 13.9. The molecule has 4 heteroatoms. The third-order valence-electron chi connectivity index (χ3n) is 6.21. The average molecular weight is 387 g/mol. The number of fused-ring (bicyclic) bond motifs is 6. The zero-order chi connectivity index (χ0) is 20.2. The number of benzene rings is 3. The molecular formula is C25H24FN2O+. The van der Waals surface area contributed by atoms with Gasteiger partial charge in [-0.05, 0) is 62.4 Å². The SMILES string of the molecule is Cc1ccc2c(c1)C[N+]1(CC(=O)c3ccc(F)cc3)CN2Cc2cc(C)ccc21. The van der Waals surface area contributed by atoms with Crippen LogP contribution in [-0.4, -0.2) is 19.0 Å². The van der Waals surface area contributed by atoms with Gasteiger partial charge < -0.3 is 4.90 Å². The topological polar surface area (TPSA) is 20.3 Å². The van der Waals surface area contributed by atoms with E-state index < -0.39 is 0 Å². The third-order valence-corrected chi connectivity index (χ3v) is 6.21. The molecule has 5 rings (SSSR count). The predicted molar refractivity (Wildman–Crippen MR) is 115 cm³/mol. The molecule has 146 valence electrons. The number of quaternary nitrogens is 1. The number of carbonyl (C=O) groups excluding carboxylic acids is 1. The number of Topliss-reactive ketones (excluding diaryl/α,β-unsaturated/α-hetero) is 1. The van der Waals surface area contributed by atoms with Crippen molar-refractivity contribution in [2.45, 2.75) is 26.9 Å². The van der Waals surface area contributed by atoms with Gasteiger partial charge in [-0.1, -0.05) is 23.3 Å². The van der Waals surface area contributed by atoms with Gasteiger partial charge in [0.2, 0.25) is 5.78 Å². The van der Waals surface area contributed by atoms with Gasteiger partial charge in [0, 0.05) is 16.7 Å². The number of nitrogens with zero attached hydrogens (tertiary/aromatic N) is 2. The summed E-state index contributed by atoms with van der Waals surface area (Å²) < 4.78 is 13.9. The van der Waals surface area contributed by atoms with Crippen LogP contribution in [0.2, 0.25) is 0 Å². The van der Waals surface area contributed by atoms with Crippen molar-refractivity contribution in [2.24, 2.45) is 0 Å². The van der Waals surface area contributed by atoms with Gasteiger partial charge in [-0.3, -0.25) is 9.28 Å². The minimum Gasteiger partial charge on any atom is -0.320 e. The molecule has 1 atom stereocenters. The minimum absolute atomic E-state index is 0.0504. The average Bonchev–Trinajstić information content (AvgIpc) is 2.67. The van der Waals surface area contributed by atoms with Gasteiger partial charge >= 0.3 is 0 Å². The summed E-state index contributed by atoms with van der Waals surface area (Å²) in [6.07, 6.45) is 0. The third kappa shape index (κ3) is 3.04. The van der Waals surface area contributed by atoms with Gasteiger partial charge in [0.05, 0.1) is 12.2 Å². The number of hydrogen-bond acceptors (Lipinski definition) is 2. The van der Waals surface area contributed by atoms with E-state index in [4.69, 9.17) is 0 Å². The molecule has 3 aromatic carbocycles. The smallest absolute Gasteiger partial charge is 0.217 e. The fraction of sp³-hybridized carbons (Fsp3) is 0.240. The molecule has 1 unspecified atom stereocenters. The van der Waals surface area contributed by atoms with Crippen LogP contribution < -0.4 is 9.38 Å². The molecule has 2 aliphatic heterocycles. The van der Waals surface area contributed by atoms with E-state index in [-0.39, 0.29) is 11.6 Å². The second kappa shape index (κ2) is 6.53. The van der Waals surface area contributed by atoms with Crippen molar-refractivity contribution >= 4 is 17.2 Å². The standard InChI is InChI=1S/C25H24FN2O/c1-17-3-9-23-21(12-17)14-28(15-25(29)19-5-7-22(26)8-6-19)16-27(23)13-20-11-18(2)4-10-24(20)28/h3-12H,13-16H2,1-2H3/q+1. The lowest BCUT2D eigenvalue weighted by Gasteiger charge is -2.50. The summed E-state index contributed by atoms with van der Waals surface area (Å²) in [5, 5.41) is 0. The van der Waals surface area contributed by atoms with Gasteiger partial charge in [0.15, 0.2) is 6.67 Å². The Labute approximate surface area is 170 Å². The van der Waals surface area contributed by atoms with Gasteiger partial charge in [0.1, 0.15) is 24.6 Å². The fourth-order valence-electron chi connectivity index (χ4n) is 4.93. The quantitative estimate of drug-likeness (QED) is 0.459. The van der Waals surface area contributed by atoms with Crippen LogP contribution >= 0.6 is 0 Å². The van der Waals surface area contributed by atoms with E-state index in [9.17, 15) is 9.18 Å². The lowest BCUT2D eigenvalue weighted by atomic mass is 9.95. The van der Waals surface area contributed by atoms with Crippen LogP contribution in [0.1, 0.15) is 32.6 Å². The van der Waals surface area contributed by atoms with E-state index in [1.807, 2.05) is 0 Å². The summed E-state index contributed by atoms with van der Waals surface area (Å²) >= 11 is 0. The highest BCUT2D eigenvalue weighted by molar-refractivity contribution is 5.99. The second-order valence-electron chi connectivity index (χ2n) is 8.50. The van der Waals surface area contributed by atoms with E-state index in [2.05, 4.69) is 55.1 Å². The Kier molecular flexibility index (Phi) is 4.07. The molecule has 0 aliphatic carbocycles. The molecule has 0 fully saturated rings. The summed E-state index contributed by atoms with van der Waals surface area (Å²) in [4.78, 5) is 15.6. The van der Waals surface area contributed by atoms with Gasteiger partial charge in [-0.15, -0.1) is 0 Å². The zero-order valence-electron chi connectivity index (χ0n) is 16.8. The summed E-state index contributed by atoms with van der Waals surface area (Å²) in [5.41, 5.74) is 8.11. The number of carbonyl (C=O) groups is 1. The maximum Gasteiger partial charge on any atom is 0.217 e. The Morgan fingerprint density at radius 2 is 1.66 bits per heavy atom. The molecule has 3 aromatic rings. The molecule has 0 saturated carbocycles. The molecule has 0 amide bonds. The highest BCUT2D eigenvalue weighted by Crippen LogP contribution is 2.43. The Bertz CT molecular complexity index is 1120. The lowest BCUT2D eigenvalue weighted by molar-refractivity contribution is 0.0919. The van der Waals surface area contributed by atoms with Crippen LogP contribution in [-0.2, 0) is 13.1 Å². The van der Waals surface area contributed by atoms with Crippen LogP contribution in [0.25, 0.3) is 0 Å². The van der Waals surface area contributed by atoms with Crippen molar-refractivity contribution in [3.8, 4) is 0 Å². The molecule has 0 spiro atoms. The minimum atomic E-state index is -0.319. The summed E-state index contributed by atoms with van der Waals surface area (Å²) in [7, 11) is 0. The first-order valence-electron chi connectivity index (χ1n) is 10.0. The maximum absolute atomic E-state index is 13.3. The molecule has 0 radical (unpaired) electrons. The maximum atomic E-state index is 13.3. The molecule has 3 nitrogen and oxygen atoms in total. The molecule has 0 aromatic heterocycles. The van der Waals surface area contributed by atoms with Crippen molar-refractivity contribution < 1.29 is 9.18 Å². The molecule has 2 bridgehead atoms. The monoisotopic (exact) mass is 387 g/mol. The number of rotatable bonds is 3.